The maximum Gasteiger partial charge on any atom is 0.233 e. The molecule has 2 amide bonds. The first-order valence-corrected chi connectivity index (χ1v) is 10.9. The van der Waals surface area contributed by atoms with E-state index in [0.29, 0.717) is 10.1 Å². The zero-order valence-corrected chi connectivity index (χ0v) is 16.5. The fourth-order valence-electron chi connectivity index (χ4n) is 2.51. The van der Waals surface area contributed by atoms with Crippen molar-refractivity contribution in [3.05, 3.63) is 30.3 Å². The van der Waals surface area contributed by atoms with Crippen LogP contribution < -0.4 is 10.6 Å². The Morgan fingerprint density at radius 3 is 2.23 bits per heavy atom. The second-order valence-electron chi connectivity index (χ2n) is 5.58. The van der Waals surface area contributed by atoms with Gasteiger partial charge in [0.1, 0.15) is 0 Å². The SMILES string of the molecule is NC(=O)CSc1nnc(SCC(=O)N2CCN(c3ccccc3)CC2)s1. The average Bonchev–Trinajstić information content (AvgIpc) is 3.13. The number of primary amides is 1. The number of para-hydroxylation sites is 1. The Kier molecular flexibility index (Phi) is 6.75. The van der Waals surface area contributed by atoms with Crippen LogP contribution in [0.25, 0.3) is 0 Å². The summed E-state index contributed by atoms with van der Waals surface area (Å²) in [5.74, 6) is 0.262. The molecule has 0 radical (unpaired) electrons. The third kappa shape index (κ3) is 5.36. The molecule has 2 N–H and O–H groups in total. The fraction of sp³-hybridized carbons (Fsp3) is 0.375. The number of hydrogen-bond donors (Lipinski definition) is 1. The number of aromatic nitrogens is 2. The van der Waals surface area contributed by atoms with Gasteiger partial charge in [-0.3, -0.25) is 9.59 Å². The summed E-state index contributed by atoms with van der Waals surface area (Å²) in [7, 11) is 0. The van der Waals surface area contributed by atoms with E-state index in [9.17, 15) is 9.59 Å². The number of carbonyl (C=O) groups is 2. The van der Waals surface area contributed by atoms with Crippen molar-refractivity contribution in [3.8, 4) is 0 Å². The number of rotatable bonds is 7. The first kappa shape index (κ1) is 19.0. The number of amides is 2. The van der Waals surface area contributed by atoms with Crippen molar-refractivity contribution in [2.45, 2.75) is 8.68 Å². The lowest BCUT2D eigenvalue weighted by atomic mass is 10.2. The molecule has 1 aliphatic rings. The summed E-state index contributed by atoms with van der Waals surface area (Å²) in [5.41, 5.74) is 6.31. The first-order chi connectivity index (χ1) is 12.6. The number of carbonyl (C=O) groups excluding carboxylic acids is 2. The molecular weight excluding hydrogens is 390 g/mol. The molecule has 0 bridgehead atoms. The van der Waals surface area contributed by atoms with Crippen molar-refractivity contribution in [3.63, 3.8) is 0 Å². The van der Waals surface area contributed by atoms with Crippen molar-refractivity contribution >= 4 is 52.4 Å². The van der Waals surface area contributed by atoms with Crippen LogP contribution in [0, 0.1) is 0 Å². The van der Waals surface area contributed by atoms with Gasteiger partial charge < -0.3 is 15.5 Å². The molecule has 1 saturated heterocycles. The van der Waals surface area contributed by atoms with Crippen LogP contribution in [0.3, 0.4) is 0 Å². The summed E-state index contributed by atoms with van der Waals surface area (Å²) in [4.78, 5) is 27.4. The summed E-state index contributed by atoms with van der Waals surface area (Å²) in [6.07, 6.45) is 0. The van der Waals surface area contributed by atoms with Crippen molar-refractivity contribution in [1.29, 1.82) is 0 Å². The number of nitrogens with two attached hydrogens (primary N) is 1. The lowest BCUT2D eigenvalue weighted by molar-refractivity contribution is -0.128. The number of nitrogens with zero attached hydrogens (tertiary/aromatic N) is 4. The number of benzene rings is 1. The molecule has 3 rings (SSSR count). The number of hydrogen-bond acceptors (Lipinski definition) is 8. The molecule has 26 heavy (non-hydrogen) atoms. The molecular formula is C16H19N5O2S3. The van der Waals surface area contributed by atoms with Gasteiger partial charge in [0.15, 0.2) is 8.68 Å². The van der Waals surface area contributed by atoms with Gasteiger partial charge in [0.05, 0.1) is 11.5 Å². The molecule has 10 heteroatoms. The molecule has 0 unspecified atom stereocenters. The highest BCUT2D eigenvalue weighted by atomic mass is 32.2. The summed E-state index contributed by atoms with van der Waals surface area (Å²) in [6.45, 7) is 3.13. The average molecular weight is 410 g/mol. The number of piperazine rings is 1. The number of thioether (sulfide) groups is 2. The second-order valence-corrected chi connectivity index (χ2v) is 9.00. The number of anilines is 1. The van der Waals surface area contributed by atoms with Crippen molar-refractivity contribution in [1.82, 2.24) is 15.1 Å². The van der Waals surface area contributed by atoms with Gasteiger partial charge in [-0.15, -0.1) is 10.2 Å². The first-order valence-electron chi connectivity index (χ1n) is 8.07. The van der Waals surface area contributed by atoms with Gasteiger partial charge in [-0.25, -0.2) is 0 Å². The highest BCUT2D eigenvalue weighted by Gasteiger charge is 2.21. The van der Waals surface area contributed by atoms with Crippen LogP contribution >= 0.6 is 34.9 Å². The molecule has 0 aliphatic carbocycles. The Morgan fingerprint density at radius 2 is 1.62 bits per heavy atom. The normalized spacial score (nSPS) is 14.5. The lowest BCUT2D eigenvalue weighted by Crippen LogP contribution is -2.49. The third-order valence-corrected chi connectivity index (χ3v) is 7.00. The monoisotopic (exact) mass is 409 g/mol. The molecule has 1 aliphatic heterocycles. The topological polar surface area (TPSA) is 92.4 Å². The molecule has 1 aromatic heterocycles. The smallest absolute Gasteiger partial charge is 0.233 e. The summed E-state index contributed by atoms with van der Waals surface area (Å²) < 4.78 is 1.42. The molecule has 0 atom stereocenters. The second kappa shape index (κ2) is 9.24. The molecule has 138 valence electrons. The van der Waals surface area contributed by atoms with E-state index in [-0.39, 0.29) is 17.6 Å². The van der Waals surface area contributed by atoms with Crippen LogP contribution in [0.1, 0.15) is 0 Å². The van der Waals surface area contributed by atoms with E-state index < -0.39 is 0 Å². The Labute approximate surface area is 164 Å². The van der Waals surface area contributed by atoms with Gasteiger partial charge in [-0.2, -0.15) is 0 Å². The maximum atomic E-state index is 12.4. The zero-order valence-electron chi connectivity index (χ0n) is 14.0. The van der Waals surface area contributed by atoms with Gasteiger partial charge in [-0.1, -0.05) is 53.1 Å². The molecule has 1 fully saturated rings. The predicted octanol–water partition coefficient (Wildman–Crippen LogP) is 1.56. The Bertz CT molecular complexity index is 747. The minimum absolute atomic E-state index is 0.115. The quantitative estimate of drug-likeness (QED) is 0.694. The van der Waals surface area contributed by atoms with E-state index in [1.165, 1.54) is 40.5 Å². The Hall–Kier alpha value is -1.78. The van der Waals surface area contributed by atoms with Crippen LogP contribution in [-0.4, -0.2) is 64.6 Å². The summed E-state index contributed by atoms with van der Waals surface area (Å²) >= 11 is 4.03. The standard InChI is InChI=1S/C16H19N5O2S3/c17-13(22)10-24-15-18-19-16(26-15)25-11-14(23)21-8-6-20(7-9-21)12-4-2-1-3-5-12/h1-5H,6-11H2,(H2,17,22). The Balaban J connectivity index is 1.42. The largest absolute Gasteiger partial charge is 0.369 e. The minimum Gasteiger partial charge on any atom is -0.369 e. The summed E-state index contributed by atoms with van der Waals surface area (Å²) in [5, 5.41) is 8.04. The molecule has 2 aromatic rings. The zero-order chi connectivity index (χ0) is 18.4. The highest BCUT2D eigenvalue weighted by molar-refractivity contribution is 8.03. The lowest BCUT2D eigenvalue weighted by Gasteiger charge is -2.36. The predicted molar refractivity (Wildman–Crippen MR) is 106 cm³/mol. The van der Waals surface area contributed by atoms with Crippen LogP contribution in [0.15, 0.2) is 39.0 Å². The van der Waals surface area contributed by atoms with E-state index in [0.717, 1.165) is 30.5 Å². The van der Waals surface area contributed by atoms with Crippen molar-refractivity contribution < 1.29 is 9.59 Å². The summed E-state index contributed by atoms with van der Waals surface area (Å²) in [6, 6.07) is 10.3. The highest BCUT2D eigenvalue weighted by Crippen LogP contribution is 2.28. The molecule has 1 aromatic carbocycles. The molecule has 0 spiro atoms. The van der Waals surface area contributed by atoms with E-state index in [2.05, 4.69) is 27.2 Å². The van der Waals surface area contributed by atoms with Gasteiger partial charge >= 0.3 is 0 Å². The van der Waals surface area contributed by atoms with Crippen LogP contribution in [0.2, 0.25) is 0 Å². The van der Waals surface area contributed by atoms with E-state index in [1.54, 1.807) is 0 Å². The van der Waals surface area contributed by atoms with E-state index >= 15 is 0 Å². The van der Waals surface area contributed by atoms with E-state index in [4.69, 9.17) is 5.73 Å². The fourth-order valence-corrected chi connectivity index (χ4v) is 5.18. The van der Waals surface area contributed by atoms with Crippen molar-refractivity contribution in [2.24, 2.45) is 5.73 Å². The molecule has 2 heterocycles. The maximum absolute atomic E-state index is 12.4. The molecule has 0 saturated carbocycles. The van der Waals surface area contributed by atoms with Gasteiger partial charge in [0, 0.05) is 31.9 Å². The van der Waals surface area contributed by atoms with Crippen molar-refractivity contribution in [2.75, 3.05) is 42.6 Å². The third-order valence-electron chi connectivity index (χ3n) is 3.80. The Morgan fingerprint density at radius 1 is 1.00 bits per heavy atom. The van der Waals surface area contributed by atoms with Gasteiger partial charge in [0.25, 0.3) is 0 Å². The van der Waals surface area contributed by atoms with Gasteiger partial charge in [-0.05, 0) is 12.1 Å². The minimum atomic E-state index is -0.385. The van der Waals surface area contributed by atoms with Crippen LogP contribution in [0.5, 0.6) is 0 Å². The molecule has 7 nitrogen and oxygen atoms in total. The van der Waals surface area contributed by atoms with Crippen LogP contribution in [-0.2, 0) is 9.59 Å². The van der Waals surface area contributed by atoms with Crippen LogP contribution in [0.4, 0.5) is 5.69 Å². The van der Waals surface area contributed by atoms with Gasteiger partial charge in [0.2, 0.25) is 11.8 Å². The van der Waals surface area contributed by atoms with E-state index in [1.807, 2.05) is 23.1 Å².